The fourth-order valence-electron chi connectivity index (χ4n) is 4.44. The summed E-state index contributed by atoms with van der Waals surface area (Å²) in [7, 11) is 1.65. The van der Waals surface area contributed by atoms with Crippen LogP contribution in [-0.4, -0.2) is 52.0 Å². The van der Waals surface area contributed by atoms with E-state index in [0.29, 0.717) is 6.42 Å². The fraction of sp³-hybridized carbons (Fsp3) is 0.607. The van der Waals surface area contributed by atoms with Crippen molar-refractivity contribution in [3.63, 3.8) is 0 Å². The summed E-state index contributed by atoms with van der Waals surface area (Å²) < 4.78 is 0. The lowest BCUT2D eigenvalue weighted by Crippen LogP contribution is -2.58. The molecular weight excluding hydrogens is 444 g/mol. The monoisotopic (exact) mass is 488 g/mol. The molecule has 0 aliphatic rings. The van der Waals surface area contributed by atoms with Crippen LogP contribution in [0, 0.1) is 17.3 Å². The highest BCUT2D eigenvalue weighted by molar-refractivity contribution is 5.90. The third kappa shape index (κ3) is 7.58. The van der Waals surface area contributed by atoms with E-state index in [4.69, 9.17) is 0 Å². The maximum absolute atomic E-state index is 13.7. The number of likely N-dealkylation sites (N-methyl/N-ethyl adjacent to an activating group) is 1. The largest absolute Gasteiger partial charge is 0.508 e. The maximum atomic E-state index is 13.7. The maximum Gasteiger partial charge on any atom is 0.331 e. The molecule has 0 radical (unpaired) electrons. The Morgan fingerprint density at radius 2 is 1.57 bits per heavy atom. The van der Waals surface area contributed by atoms with Gasteiger partial charge in [-0.3, -0.25) is 9.59 Å². The van der Waals surface area contributed by atoms with Gasteiger partial charge in [0.05, 0.1) is 6.04 Å². The van der Waals surface area contributed by atoms with Gasteiger partial charge in [-0.15, -0.1) is 0 Å². The van der Waals surface area contributed by atoms with Gasteiger partial charge in [-0.2, -0.15) is 0 Å². The van der Waals surface area contributed by atoms with E-state index >= 15 is 0 Å². The Kier molecular flexibility index (Phi) is 10.1. The number of rotatable bonds is 10. The average Bonchev–Trinajstić information content (AvgIpc) is 2.74. The molecule has 0 spiro atoms. The molecule has 0 fully saturated rings. The van der Waals surface area contributed by atoms with Crippen LogP contribution in [-0.2, 0) is 19.8 Å². The standard InChI is InChI=1S/C28H44N2O5/c1-11-21(28(8,9)19-12-14-20(31)15-13-19)24(32)29-23(27(5,6)7)25(33)30(10)22(17(2)3)16-18(4)26(34)35/h12-17,21-23,31H,11H2,1-10H3,(H,29,32)(H,34,35)/b18-16+/t21-,22-,23-/m1/s1. The first-order valence-corrected chi connectivity index (χ1v) is 12.2. The van der Waals surface area contributed by atoms with Gasteiger partial charge in [-0.05, 0) is 42.4 Å². The van der Waals surface area contributed by atoms with Gasteiger partial charge in [0, 0.05) is 24.0 Å². The Morgan fingerprint density at radius 1 is 1.06 bits per heavy atom. The molecule has 7 nitrogen and oxygen atoms in total. The van der Waals surface area contributed by atoms with Crippen LogP contribution in [0.2, 0.25) is 0 Å². The molecule has 0 heterocycles. The summed E-state index contributed by atoms with van der Waals surface area (Å²) >= 11 is 0. The van der Waals surface area contributed by atoms with Crippen molar-refractivity contribution in [2.75, 3.05) is 7.05 Å². The molecule has 0 aliphatic heterocycles. The van der Waals surface area contributed by atoms with Gasteiger partial charge < -0.3 is 20.4 Å². The van der Waals surface area contributed by atoms with E-state index in [1.54, 1.807) is 30.2 Å². The molecule has 196 valence electrons. The van der Waals surface area contributed by atoms with Crippen LogP contribution in [0.3, 0.4) is 0 Å². The number of carbonyl (C=O) groups excluding carboxylic acids is 2. The lowest BCUT2D eigenvalue weighted by Gasteiger charge is -2.39. The summed E-state index contributed by atoms with van der Waals surface area (Å²) in [6, 6.07) is 5.61. The van der Waals surface area contributed by atoms with Crippen LogP contribution in [0.25, 0.3) is 0 Å². The van der Waals surface area contributed by atoms with Crippen LogP contribution in [0.15, 0.2) is 35.9 Å². The molecule has 35 heavy (non-hydrogen) atoms. The van der Waals surface area contributed by atoms with Crippen molar-refractivity contribution in [1.82, 2.24) is 10.2 Å². The number of benzene rings is 1. The Labute approximate surface area is 210 Å². The molecule has 0 aromatic heterocycles. The molecule has 1 aromatic rings. The van der Waals surface area contributed by atoms with Crippen LogP contribution in [0.4, 0.5) is 0 Å². The molecule has 0 saturated carbocycles. The third-order valence-electron chi connectivity index (χ3n) is 6.84. The number of carboxylic acid groups (broad SMARTS) is 1. The minimum absolute atomic E-state index is 0.0219. The Bertz CT molecular complexity index is 926. The second-order valence-corrected chi connectivity index (χ2v) is 11.4. The minimum Gasteiger partial charge on any atom is -0.508 e. The van der Waals surface area contributed by atoms with Crippen molar-refractivity contribution in [2.24, 2.45) is 17.3 Å². The zero-order valence-corrected chi connectivity index (χ0v) is 23.0. The van der Waals surface area contributed by atoms with E-state index in [9.17, 15) is 24.6 Å². The van der Waals surface area contributed by atoms with Gasteiger partial charge in [0.1, 0.15) is 11.8 Å². The summed E-state index contributed by atoms with van der Waals surface area (Å²) in [5.74, 6) is -1.78. The zero-order chi connectivity index (χ0) is 27.3. The minimum atomic E-state index is -1.03. The number of phenolic OH excluding ortho intramolecular Hbond substituents is 1. The van der Waals surface area contributed by atoms with E-state index in [-0.39, 0.29) is 29.1 Å². The molecule has 0 unspecified atom stereocenters. The average molecular weight is 489 g/mol. The van der Waals surface area contributed by atoms with Gasteiger partial charge in [-0.1, -0.05) is 73.6 Å². The Balaban J connectivity index is 3.30. The molecule has 0 saturated heterocycles. The first-order valence-electron chi connectivity index (χ1n) is 12.2. The number of hydrogen-bond donors (Lipinski definition) is 3. The van der Waals surface area contributed by atoms with Crippen molar-refractivity contribution >= 4 is 17.8 Å². The van der Waals surface area contributed by atoms with Crippen LogP contribution in [0.5, 0.6) is 5.75 Å². The van der Waals surface area contributed by atoms with Crippen LogP contribution >= 0.6 is 0 Å². The number of amides is 2. The first-order chi connectivity index (χ1) is 15.9. The van der Waals surface area contributed by atoms with Crippen molar-refractivity contribution in [1.29, 1.82) is 0 Å². The number of aromatic hydroxyl groups is 1. The summed E-state index contributed by atoms with van der Waals surface area (Å²) in [6.07, 6.45) is 2.16. The van der Waals surface area contributed by atoms with Crippen molar-refractivity contribution in [3.05, 3.63) is 41.5 Å². The summed E-state index contributed by atoms with van der Waals surface area (Å²) in [5, 5.41) is 22.0. The molecule has 3 atom stereocenters. The highest BCUT2D eigenvalue weighted by Gasteiger charge is 2.41. The SMILES string of the molecule is CC[C@H](C(=O)N[C@H](C(=O)N(C)[C@H](/C=C(\C)C(=O)O)C(C)C)C(C)(C)C)C(C)(C)c1ccc(O)cc1. The number of phenols is 1. The van der Waals surface area contributed by atoms with Crippen molar-refractivity contribution in [3.8, 4) is 5.75 Å². The van der Waals surface area contributed by atoms with Gasteiger partial charge in [0.25, 0.3) is 0 Å². The molecule has 2 amide bonds. The quantitative estimate of drug-likeness (QED) is 0.412. The number of carboxylic acids is 1. The molecule has 0 bridgehead atoms. The normalized spacial score (nSPS) is 15.3. The number of carbonyl (C=O) groups is 3. The fourth-order valence-corrected chi connectivity index (χ4v) is 4.44. The smallest absolute Gasteiger partial charge is 0.331 e. The summed E-state index contributed by atoms with van der Waals surface area (Å²) in [5.41, 5.74) is -0.0237. The third-order valence-corrected chi connectivity index (χ3v) is 6.84. The van der Waals surface area contributed by atoms with E-state index < -0.39 is 34.8 Å². The van der Waals surface area contributed by atoms with E-state index in [1.165, 1.54) is 6.92 Å². The number of nitrogens with one attached hydrogen (secondary N) is 1. The van der Waals surface area contributed by atoms with E-state index in [2.05, 4.69) is 5.32 Å². The predicted octanol–water partition coefficient (Wildman–Crippen LogP) is 4.74. The zero-order valence-electron chi connectivity index (χ0n) is 23.0. The highest BCUT2D eigenvalue weighted by Crippen LogP contribution is 2.35. The second-order valence-electron chi connectivity index (χ2n) is 11.4. The van der Waals surface area contributed by atoms with Gasteiger partial charge >= 0.3 is 5.97 Å². The lowest BCUT2D eigenvalue weighted by atomic mass is 9.71. The van der Waals surface area contributed by atoms with Gasteiger partial charge in [0.15, 0.2) is 0 Å². The van der Waals surface area contributed by atoms with Crippen LogP contribution in [0.1, 0.15) is 74.3 Å². The van der Waals surface area contributed by atoms with Crippen LogP contribution < -0.4 is 5.32 Å². The van der Waals surface area contributed by atoms with Gasteiger partial charge in [-0.25, -0.2) is 4.79 Å². The molecular formula is C28H44N2O5. The molecule has 3 N–H and O–H groups in total. The topological polar surface area (TPSA) is 107 Å². The van der Waals surface area contributed by atoms with Crippen molar-refractivity contribution < 1.29 is 24.6 Å². The second kappa shape index (κ2) is 11.7. The number of hydrogen-bond acceptors (Lipinski definition) is 4. The van der Waals surface area contributed by atoms with Gasteiger partial charge in [0.2, 0.25) is 11.8 Å². The van der Waals surface area contributed by atoms with Crippen molar-refractivity contribution in [2.45, 2.75) is 86.2 Å². The number of aliphatic carboxylic acids is 1. The van der Waals surface area contributed by atoms with E-state index in [1.807, 2.05) is 67.5 Å². The number of nitrogens with zero attached hydrogens (tertiary/aromatic N) is 1. The van der Waals surface area contributed by atoms with E-state index in [0.717, 1.165) is 5.56 Å². The Morgan fingerprint density at radius 3 is 1.97 bits per heavy atom. The predicted molar refractivity (Wildman–Crippen MR) is 139 cm³/mol. The lowest BCUT2D eigenvalue weighted by molar-refractivity contribution is -0.141. The summed E-state index contributed by atoms with van der Waals surface area (Å²) in [4.78, 5) is 40.2. The molecule has 1 rings (SSSR count). The Hall–Kier alpha value is -2.83. The summed E-state index contributed by atoms with van der Waals surface area (Å²) in [6.45, 7) is 17.0. The molecule has 0 aliphatic carbocycles. The highest BCUT2D eigenvalue weighted by atomic mass is 16.4. The molecule has 7 heteroatoms. The first kappa shape index (κ1) is 30.2. The molecule has 1 aromatic carbocycles.